The molecule has 21 nitrogen and oxygen atoms in total. The number of hydrogen-bond acceptors (Lipinski definition) is 16. The van der Waals surface area contributed by atoms with Crippen LogP contribution in [0.25, 0.3) is 11.2 Å². The summed E-state index contributed by atoms with van der Waals surface area (Å²) < 4.78 is 0. The fraction of sp³-hybridized carbons (Fsp3) is 0.439. The van der Waals surface area contributed by atoms with E-state index in [0.29, 0.717) is 75.1 Å². The number of benzene rings is 2. The van der Waals surface area contributed by atoms with Gasteiger partial charge in [0, 0.05) is 87.9 Å². The molecule has 0 aliphatic carbocycles. The van der Waals surface area contributed by atoms with Crippen LogP contribution in [0.3, 0.4) is 0 Å². The Morgan fingerprint density at radius 1 is 0.794 bits per heavy atom. The van der Waals surface area contributed by atoms with E-state index in [1.165, 1.54) is 18.3 Å². The number of nitrogens with two attached hydrogens (primary N) is 1. The van der Waals surface area contributed by atoms with Crippen molar-refractivity contribution in [1.82, 2.24) is 44.9 Å². The SMILES string of the molecule is CCN1CCN(CC(=O)[O-])CCN(CC)CCN(CC(=O)Nc2ccc(NC(=O)C(CCC(=O)O)NC(=O)c3ccc(NCc4cnc5nc(N)[nH]c(=O)c5n4)cc3)cc2)CC1.[Gd+3]. The first-order valence-electron chi connectivity index (χ1n) is 20.5. The summed E-state index contributed by atoms with van der Waals surface area (Å²) in [6.07, 6.45) is 0.927. The molecule has 337 valence electrons. The van der Waals surface area contributed by atoms with Gasteiger partial charge in [-0.25, -0.2) is 9.97 Å². The minimum Gasteiger partial charge on any atom is -0.549 e. The number of rotatable bonds is 17. The van der Waals surface area contributed by atoms with Crippen molar-refractivity contribution in [1.29, 1.82) is 0 Å². The third-order valence-corrected chi connectivity index (χ3v) is 10.4. The molecule has 0 bridgehead atoms. The number of aromatic amines is 1. The second-order valence-corrected chi connectivity index (χ2v) is 14.8. The molecule has 1 aliphatic rings. The van der Waals surface area contributed by atoms with Gasteiger partial charge in [0.25, 0.3) is 11.5 Å². The second kappa shape index (κ2) is 25.2. The zero-order valence-electron chi connectivity index (χ0n) is 35.2. The smallest absolute Gasteiger partial charge is 0.549 e. The third kappa shape index (κ3) is 16.4. The van der Waals surface area contributed by atoms with E-state index >= 15 is 0 Å². The fourth-order valence-corrected chi connectivity index (χ4v) is 6.75. The van der Waals surface area contributed by atoms with Crippen LogP contribution >= 0.6 is 0 Å². The van der Waals surface area contributed by atoms with Crippen LogP contribution in [0.15, 0.2) is 59.5 Å². The van der Waals surface area contributed by atoms with Crippen LogP contribution in [-0.2, 0) is 25.7 Å². The summed E-state index contributed by atoms with van der Waals surface area (Å²) in [5.41, 5.74) is 7.41. The summed E-state index contributed by atoms with van der Waals surface area (Å²) in [6.45, 7) is 11.3. The predicted molar refractivity (Wildman–Crippen MR) is 230 cm³/mol. The van der Waals surface area contributed by atoms with Crippen LogP contribution in [0.2, 0.25) is 0 Å². The molecule has 1 atom stereocenters. The van der Waals surface area contributed by atoms with Crippen LogP contribution in [0.1, 0.15) is 42.7 Å². The van der Waals surface area contributed by atoms with Gasteiger partial charge in [-0.3, -0.25) is 38.8 Å². The van der Waals surface area contributed by atoms with E-state index in [0.717, 1.165) is 13.1 Å². The standard InChI is InChI=1S/C41H55N13O8.Gd/c1-3-51-15-19-53(20-16-52(4-2)18-22-54(21-17-51)26-35(58)59)25-33(55)45-29-9-11-30(12-10-29)47-39(61)32(13-14-34(56)57)48-38(60)27-5-7-28(8-6-27)43-23-31-24-44-37-36(46-31)40(62)50-41(42)49-37;/h5-12,24,32,43H,3-4,13-23,25-26H2,1-2H3,(H,45,55)(H,47,61)(H,48,60)(H,56,57)(H,58,59)(H3,42,44,49,50,62);/q;+3/p-1. The average molecular weight is 1010 g/mol. The van der Waals surface area contributed by atoms with Crippen molar-refractivity contribution in [2.45, 2.75) is 39.3 Å². The summed E-state index contributed by atoms with van der Waals surface area (Å²) in [7, 11) is 0. The molecule has 2 aromatic carbocycles. The Morgan fingerprint density at radius 2 is 1.33 bits per heavy atom. The first-order chi connectivity index (χ1) is 29.8. The molecular weight excluding hydrogens is 960 g/mol. The number of carboxylic acid groups (broad SMARTS) is 2. The molecule has 1 fully saturated rings. The van der Waals surface area contributed by atoms with E-state index in [2.05, 4.69) is 69.8 Å². The van der Waals surface area contributed by atoms with Gasteiger partial charge in [-0.2, -0.15) is 4.98 Å². The number of nitrogens with zero attached hydrogens (tertiary/aromatic N) is 7. The molecule has 0 spiro atoms. The van der Waals surface area contributed by atoms with Crippen molar-refractivity contribution < 1.29 is 74.1 Å². The summed E-state index contributed by atoms with van der Waals surface area (Å²) in [6, 6.07) is 11.7. The maximum Gasteiger partial charge on any atom is 3.00 e. The fourth-order valence-electron chi connectivity index (χ4n) is 6.75. The van der Waals surface area contributed by atoms with Gasteiger partial charge in [0.2, 0.25) is 17.8 Å². The van der Waals surface area contributed by atoms with Crippen molar-refractivity contribution in [2.75, 3.05) is 100 Å². The minimum atomic E-state index is -1.18. The van der Waals surface area contributed by atoms with Crippen LogP contribution in [0.5, 0.6) is 0 Å². The largest absolute Gasteiger partial charge is 3.00 e. The summed E-state index contributed by atoms with van der Waals surface area (Å²) in [5, 5.41) is 32.1. The van der Waals surface area contributed by atoms with Crippen LogP contribution in [-0.4, -0.2) is 159 Å². The number of carboxylic acids is 2. The molecule has 3 amide bonds. The number of aliphatic carboxylic acids is 2. The Morgan fingerprint density at radius 3 is 1.89 bits per heavy atom. The van der Waals surface area contributed by atoms with Crippen LogP contribution in [0, 0.1) is 39.9 Å². The summed E-state index contributed by atoms with van der Waals surface area (Å²) in [4.78, 5) is 98.0. The summed E-state index contributed by atoms with van der Waals surface area (Å²) >= 11 is 0. The van der Waals surface area contributed by atoms with Gasteiger partial charge in [0.15, 0.2) is 11.2 Å². The number of aromatic nitrogens is 4. The molecule has 1 unspecified atom stereocenters. The molecule has 1 radical (unpaired) electrons. The van der Waals surface area contributed by atoms with Gasteiger partial charge in [-0.05, 0) is 68.0 Å². The molecule has 2 aromatic heterocycles. The number of anilines is 4. The van der Waals surface area contributed by atoms with Crippen molar-refractivity contribution in [3.05, 3.63) is 76.3 Å². The number of amides is 3. The first-order valence-corrected chi connectivity index (χ1v) is 20.5. The van der Waals surface area contributed by atoms with E-state index in [1.807, 2.05) is 4.90 Å². The maximum absolute atomic E-state index is 13.4. The molecule has 1 aliphatic heterocycles. The zero-order chi connectivity index (χ0) is 44.6. The first kappa shape index (κ1) is 50.4. The average Bonchev–Trinajstić information content (AvgIpc) is 3.24. The van der Waals surface area contributed by atoms with E-state index in [4.69, 9.17) is 5.73 Å². The number of carbonyl (C=O) groups is 5. The normalized spacial score (nSPS) is 15.2. The Hall–Kier alpha value is -5.23. The maximum atomic E-state index is 13.4. The minimum absolute atomic E-state index is 0. The van der Waals surface area contributed by atoms with E-state index in [9.17, 15) is 39.0 Å². The zero-order valence-corrected chi connectivity index (χ0v) is 37.5. The molecular formula is C41H54GdN13O8+2. The predicted octanol–water partition coefficient (Wildman–Crippen LogP) is -0.541. The number of fused-ring (bicyclic) bond motifs is 1. The topological polar surface area (TPSA) is 287 Å². The Labute approximate surface area is 396 Å². The van der Waals surface area contributed by atoms with Gasteiger partial charge in [0.05, 0.1) is 30.9 Å². The molecule has 1 saturated heterocycles. The van der Waals surface area contributed by atoms with Gasteiger partial charge in [0.1, 0.15) is 6.04 Å². The number of carbonyl (C=O) groups excluding carboxylic acids is 4. The number of likely N-dealkylation sites (N-methyl/N-ethyl adjacent to an activating group) is 2. The number of hydrogen-bond donors (Lipinski definition) is 7. The number of nitrogen functional groups attached to an aromatic ring is 1. The number of H-pyrrole nitrogens is 1. The molecule has 5 rings (SSSR count). The molecule has 8 N–H and O–H groups in total. The number of nitrogens with one attached hydrogen (secondary N) is 5. The van der Waals surface area contributed by atoms with Gasteiger partial charge < -0.3 is 51.8 Å². The van der Waals surface area contributed by atoms with Gasteiger partial charge in [-0.15, -0.1) is 0 Å². The van der Waals surface area contributed by atoms with E-state index < -0.39 is 35.4 Å². The third-order valence-electron chi connectivity index (χ3n) is 10.4. The van der Waals surface area contributed by atoms with Crippen LogP contribution < -0.4 is 37.7 Å². The van der Waals surface area contributed by atoms with Crippen LogP contribution in [0.4, 0.5) is 23.0 Å². The second-order valence-electron chi connectivity index (χ2n) is 14.8. The van der Waals surface area contributed by atoms with Crippen molar-refractivity contribution in [2.24, 2.45) is 0 Å². The van der Waals surface area contributed by atoms with Crippen molar-refractivity contribution in [3.8, 4) is 0 Å². The van der Waals surface area contributed by atoms with Gasteiger partial charge in [-0.1, -0.05) is 13.8 Å². The van der Waals surface area contributed by atoms with E-state index in [-0.39, 0.29) is 101 Å². The molecule has 63 heavy (non-hydrogen) atoms. The Balaban J connectivity index is 0.00000871. The molecule has 22 heteroatoms. The Kier molecular flexibility index (Phi) is 20.1. The van der Waals surface area contributed by atoms with Gasteiger partial charge >= 0.3 is 45.9 Å². The monoisotopic (exact) mass is 1010 g/mol. The van der Waals surface area contributed by atoms with Crippen molar-refractivity contribution >= 4 is 63.8 Å². The van der Waals surface area contributed by atoms with E-state index in [1.54, 1.807) is 36.4 Å². The molecule has 0 saturated carbocycles. The molecule has 3 heterocycles. The summed E-state index contributed by atoms with van der Waals surface area (Å²) in [5.74, 6) is -3.70. The van der Waals surface area contributed by atoms with Crippen molar-refractivity contribution in [3.63, 3.8) is 0 Å². The Bertz CT molecular complexity index is 2210. The molecule has 4 aromatic rings. The quantitative estimate of drug-likeness (QED) is 0.0699.